The van der Waals surface area contributed by atoms with Gasteiger partial charge in [0.2, 0.25) is 15.9 Å². The summed E-state index contributed by atoms with van der Waals surface area (Å²) in [6, 6.07) is 8.38. The lowest BCUT2D eigenvalue weighted by molar-refractivity contribution is -0.132. The Balaban J connectivity index is 1.19. The van der Waals surface area contributed by atoms with Crippen molar-refractivity contribution < 1.29 is 13.2 Å². The molecule has 0 aromatic heterocycles. The summed E-state index contributed by atoms with van der Waals surface area (Å²) >= 11 is 0. The Hall–Kier alpha value is -1.44. The summed E-state index contributed by atoms with van der Waals surface area (Å²) in [5, 5.41) is 3.48. The molecule has 6 rings (SSSR count). The summed E-state index contributed by atoms with van der Waals surface area (Å²) in [5.41, 5.74) is 0.0264. The van der Waals surface area contributed by atoms with Crippen molar-refractivity contribution in [3.05, 3.63) is 30.3 Å². The van der Waals surface area contributed by atoms with Crippen LogP contribution < -0.4 is 5.32 Å². The largest absolute Gasteiger partial charge is 0.349 e. The molecule has 0 unspecified atom stereocenters. The first kappa shape index (κ1) is 20.5. The molecule has 5 fully saturated rings. The smallest absolute Gasteiger partial charge is 0.243 e. The van der Waals surface area contributed by atoms with E-state index in [0.717, 1.165) is 37.0 Å². The number of amides is 1. The van der Waals surface area contributed by atoms with Gasteiger partial charge in [0, 0.05) is 31.7 Å². The van der Waals surface area contributed by atoms with Crippen LogP contribution in [0.5, 0.6) is 0 Å². The van der Waals surface area contributed by atoms with Gasteiger partial charge in [-0.2, -0.15) is 4.31 Å². The van der Waals surface area contributed by atoms with Crippen LogP contribution in [0.25, 0.3) is 0 Å². The Morgan fingerprint density at radius 3 is 2.03 bits per heavy atom. The Kier molecular flexibility index (Phi) is 5.19. The number of carbonyl (C=O) groups is 1. The van der Waals surface area contributed by atoms with Gasteiger partial charge < -0.3 is 5.32 Å². The maximum absolute atomic E-state index is 13.1. The second-order valence-corrected chi connectivity index (χ2v) is 12.1. The van der Waals surface area contributed by atoms with Crippen LogP contribution in [0.1, 0.15) is 45.4 Å². The SMILES string of the molecule is C[C@@H](C(=O)NC12CC3CC(CC(C3)C1)C2)N1CCN(S(=O)(=O)c2ccccc2)CC1. The van der Waals surface area contributed by atoms with Gasteiger partial charge in [0.15, 0.2) is 0 Å². The lowest BCUT2D eigenvalue weighted by atomic mass is 9.53. The first-order chi connectivity index (χ1) is 14.3. The van der Waals surface area contributed by atoms with Crippen molar-refractivity contribution >= 4 is 15.9 Å². The molecule has 4 saturated carbocycles. The van der Waals surface area contributed by atoms with Crippen LogP contribution >= 0.6 is 0 Å². The standard InChI is InChI=1S/C23H33N3O3S/c1-17(22(27)24-23-14-18-11-19(15-23)13-20(12-18)16-23)25-7-9-26(10-8-25)30(28,29)21-5-3-2-4-6-21/h2-6,17-20H,7-16H2,1H3,(H,24,27)/t17-,18?,19?,20?,23?/m0/s1. The van der Waals surface area contributed by atoms with E-state index in [2.05, 4.69) is 10.2 Å². The Morgan fingerprint density at radius 1 is 0.967 bits per heavy atom. The van der Waals surface area contributed by atoms with Gasteiger partial charge in [0.1, 0.15) is 0 Å². The molecule has 1 aromatic rings. The van der Waals surface area contributed by atoms with Gasteiger partial charge >= 0.3 is 0 Å². The fraction of sp³-hybridized carbons (Fsp3) is 0.696. The Morgan fingerprint density at radius 2 is 1.50 bits per heavy atom. The minimum atomic E-state index is -3.46. The zero-order chi connectivity index (χ0) is 20.9. The van der Waals surface area contributed by atoms with Gasteiger partial charge in [0.25, 0.3) is 0 Å². The molecular formula is C23H33N3O3S. The number of rotatable bonds is 5. The fourth-order valence-electron chi connectivity index (χ4n) is 6.87. The van der Waals surface area contributed by atoms with Gasteiger partial charge in [-0.05, 0) is 75.3 Å². The summed E-state index contributed by atoms with van der Waals surface area (Å²) in [6.45, 7) is 3.98. The van der Waals surface area contributed by atoms with Crippen LogP contribution in [0.3, 0.4) is 0 Å². The minimum absolute atomic E-state index is 0.0264. The highest BCUT2D eigenvalue weighted by atomic mass is 32.2. The normalized spacial score (nSPS) is 35.3. The van der Waals surface area contributed by atoms with Gasteiger partial charge in [-0.1, -0.05) is 18.2 Å². The molecule has 1 heterocycles. The molecule has 7 heteroatoms. The summed E-state index contributed by atoms with van der Waals surface area (Å²) < 4.78 is 27.2. The number of hydrogen-bond acceptors (Lipinski definition) is 4. The monoisotopic (exact) mass is 431 g/mol. The number of nitrogens with zero attached hydrogens (tertiary/aromatic N) is 2. The van der Waals surface area contributed by atoms with Crippen molar-refractivity contribution in [2.45, 2.75) is 61.9 Å². The molecule has 30 heavy (non-hydrogen) atoms. The third kappa shape index (κ3) is 3.69. The highest BCUT2D eigenvalue weighted by Crippen LogP contribution is 2.55. The molecule has 1 aliphatic heterocycles. The number of carbonyl (C=O) groups excluding carboxylic acids is 1. The van der Waals surface area contributed by atoms with Crippen molar-refractivity contribution in [3.63, 3.8) is 0 Å². The average Bonchev–Trinajstić information content (AvgIpc) is 2.72. The quantitative estimate of drug-likeness (QED) is 0.778. The van der Waals surface area contributed by atoms with Crippen molar-refractivity contribution in [3.8, 4) is 0 Å². The molecule has 0 spiro atoms. The van der Waals surface area contributed by atoms with Crippen LogP contribution in [0.4, 0.5) is 0 Å². The predicted molar refractivity (Wildman–Crippen MR) is 115 cm³/mol. The van der Waals surface area contributed by atoms with Gasteiger partial charge in [-0.15, -0.1) is 0 Å². The van der Waals surface area contributed by atoms with E-state index >= 15 is 0 Å². The summed E-state index contributed by atoms with van der Waals surface area (Å²) in [5.74, 6) is 2.53. The van der Waals surface area contributed by atoms with E-state index in [1.165, 1.54) is 19.3 Å². The minimum Gasteiger partial charge on any atom is -0.349 e. The van der Waals surface area contributed by atoms with Crippen molar-refractivity contribution in [1.29, 1.82) is 0 Å². The molecule has 0 radical (unpaired) electrons. The first-order valence-corrected chi connectivity index (χ1v) is 12.9. The molecule has 1 atom stereocenters. The van der Waals surface area contributed by atoms with Crippen LogP contribution in [0, 0.1) is 17.8 Å². The second kappa shape index (κ2) is 7.61. The van der Waals surface area contributed by atoms with Crippen molar-refractivity contribution in [1.82, 2.24) is 14.5 Å². The molecule has 1 aromatic carbocycles. The van der Waals surface area contributed by atoms with Crippen LogP contribution in [-0.4, -0.2) is 61.3 Å². The van der Waals surface area contributed by atoms with E-state index < -0.39 is 10.0 Å². The fourth-order valence-corrected chi connectivity index (χ4v) is 8.31. The topological polar surface area (TPSA) is 69.7 Å². The van der Waals surface area contributed by atoms with Gasteiger partial charge in [-0.25, -0.2) is 8.42 Å². The number of sulfonamides is 1. The van der Waals surface area contributed by atoms with Crippen molar-refractivity contribution in [2.75, 3.05) is 26.2 Å². The van der Waals surface area contributed by atoms with Crippen LogP contribution in [-0.2, 0) is 14.8 Å². The third-order valence-electron chi connectivity index (χ3n) is 8.01. The molecule has 4 aliphatic carbocycles. The number of nitrogens with one attached hydrogen (secondary N) is 1. The molecule has 4 bridgehead atoms. The zero-order valence-electron chi connectivity index (χ0n) is 17.8. The maximum Gasteiger partial charge on any atom is 0.243 e. The molecule has 1 saturated heterocycles. The number of hydrogen-bond donors (Lipinski definition) is 1. The summed E-state index contributed by atoms with van der Waals surface area (Å²) in [4.78, 5) is 15.6. The lowest BCUT2D eigenvalue weighted by Crippen LogP contribution is -2.63. The number of piperazine rings is 1. The second-order valence-electron chi connectivity index (χ2n) is 10.1. The molecule has 1 amide bonds. The lowest BCUT2D eigenvalue weighted by Gasteiger charge is -2.57. The van der Waals surface area contributed by atoms with E-state index in [1.54, 1.807) is 28.6 Å². The van der Waals surface area contributed by atoms with Gasteiger partial charge in [0.05, 0.1) is 10.9 Å². The van der Waals surface area contributed by atoms with E-state index in [0.29, 0.717) is 31.1 Å². The van der Waals surface area contributed by atoms with E-state index in [4.69, 9.17) is 0 Å². The molecule has 1 N–H and O–H groups in total. The Bertz CT molecular complexity index is 858. The highest BCUT2D eigenvalue weighted by Gasteiger charge is 2.52. The Labute approximate surface area is 180 Å². The highest BCUT2D eigenvalue weighted by molar-refractivity contribution is 7.89. The molecular weight excluding hydrogens is 398 g/mol. The predicted octanol–water partition coefficient (Wildman–Crippen LogP) is 2.47. The van der Waals surface area contributed by atoms with E-state index in [9.17, 15) is 13.2 Å². The first-order valence-electron chi connectivity index (χ1n) is 11.5. The average molecular weight is 432 g/mol. The van der Waals surface area contributed by atoms with Gasteiger partial charge in [-0.3, -0.25) is 9.69 Å². The van der Waals surface area contributed by atoms with Crippen LogP contribution in [0.15, 0.2) is 35.2 Å². The third-order valence-corrected chi connectivity index (χ3v) is 9.92. The molecule has 164 valence electrons. The zero-order valence-corrected chi connectivity index (χ0v) is 18.6. The number of benzene rings is 1. The molecule has 6 nitrogen and oxygen atoms in total. The molecule has 5 aliphatic rings. The summed E-state index contributed by atoms with van der Waals surface area (Å²) in [6.07, 6.45) is 7.55. The van der Waals surface area contributed by atoms with Crippen molar-refractivity contribution in [2.24, 2.45) is 17.8 Å². The van der Waals surface area contributed by atoms with E-state index in [-0.39, 0.29) is 17.5 Å². The maximum atomic E-state index is 13.1. The van der Waals surface area contributed by atoms with E-state index in [1.807, 2.05) is 13.0 Å². The summed E-state index contributed by atoms with van der Waals surface area (Å²) in [7, 11) is -3.46. The van der Waals surface area contributed by atoms with Crippen LogP contribution in [0.2, 0.25) is 0 Å².